The van der Waals surface area contributed by atoms with Gasteiger partial charge in [-0.3, -0.25) is 4.79 Å². The van der Waals surface area contributed by atoms with Crippen molar-refractivity contribution in [2.45, 2.75) is 47.3 Å². The van der Waals surface area contributed by atoms with E-state index in [2.05, 4.69) is 29.7 Å². The van der Waals surface area contributed by atoms with Crippen molar-refractivity contribution in [1.29, 1.82) is 0 Å². The molecular formula is C28H33ClN2O3. The first-order chi connectivity index (χ1) is 16.4. The lowest BCUT2D eigenvalue weighted by atomic mass is 10.1. The van der Waals surface area contributed by atoms with E-state index in [0.717, 1.165) is 22.5 Å². The third kappa shape index (κ3) is 7.42. The van der Waals surface area contributed by atoms with Gasteiger partial charge in [-0.05, 0) is 60.7 Å². The summed E-state index contributed by atoms with van der Waals surface area (Å²) < 4.78 is 11.9. The molecule has 0 spiro atoms. The van der Waals surface area contributed by atoms with Crippen LogP contribution in [-0.4, -0.2) is 12.5 Å². The molecule has 1 amide bonds. The molecule has 3 rings (SSSR count). The van der Waals surface area contributed by atoms with Crippen molar-refractivity contribution in [2.75, 3.05) is 17.2 Å². The van der Waals surface area contributed by atoms with Gasteiger partial charge in [-0.2, -0.15) is 0 Å². The summed E-state index contributed by atoms with van der Waals surface area (Å²) in [5.74, 6) is 1.60. The van der Waals surface area contributed by atoms with Crippen molar-refractivity contribution in [2.24, 2.45) is 5.92 Å². The number of ether oxygens (including phenoxy) is 2. The standard InChI is InChI=1S/C28H33ClN2O3/c1-5-33-26-14-22(25(29)16-27(26)34-18-21-10-7-6-9-20(21)4)17-30-23-11-8-12-24(15-23)31-28(32)13-19(2)3/h6-12,14-16,19,30H,5,13,17-18H2,1-4H3,(H,31,32). The third-order valence-electron chi connectivity index (χ3n) is 5.28. The van der Waals surface area contributed by atoms with E-state index in [1.165, 1.54) is 5.56 Å². The van der Waals surface area contributed by atoms with Gasteiger partial charge in [0.2, 0.25) is 5.91 Å². The van der Waals surface area contributed by atoms with Crippen LogP contribution in [0.25, 0.3) is 0 Å². The normalized spacial score (nSPS) is 10.8. The van der Waals surface area contributed by atoms with Gasteiger partial charge < -0.3 is 20.1 Å². The zero-order valence-corrected chi connectivity index (χ0v) is 21.0. The van der Waals surface area contributed by atoms with E-state index in [4.69, 9.17) is 21.1 Å². The van der Waals surface area contributed by atoms with Crippen LogP contribution in [0.15, 0.2) is 60.7 Å². The highest BCUT2D eigenvalue weighted by atomic mass is 35.5. The fourth-order valence-electron chi connectivity index (χ4n) is 3.51. The molecule has 0 radical (unpaired) electrons. The van der Waals surface area contributed by atoms with Gasteiger partial charge in [-0.1, -0.05) is 55.8 Å². The molecule has 0 saturated carbocycles. The Morgan fingerprint density at radius 3 is 2.41 bits per heavy atom. The molecule has 3 aromatic carbocycles. The van der Waals surface area contributed by atoms with Crippen LogP contribution >= 0.6 is 11.6 Å². The molecule has 0 bridgehead atoms. The Hall–Kier alpha value is -3.18. The van der Waals surface area contributed by atoms with Gasteiger partial charge in [0.05, 0.1) is 6.61 Å². The van der Waals surface area contributed by atoms with Crippen molar-refractivity contribution >= 4 is 28.9 Å². The van der Waals surface area contributed by atoms with E-state index < -0.39 is 0 Å². The highest BCUT2D eigenvalue weighted by Crippen LogP contribution is 2.35. The Bertz CT molecular complexity index is 1110. The number of benzene rings is 3. The number of halogens is 1. The number of amides is 1. The number of hydrogen-bond donors (Lipinski definition) is 2. The van der Waals surface area contributed by atoms with Gasteiger partial charge in [-0.25, -0.2) is 0 Å². The maximum Gasteiger partial charge on any atom is 0.224 e. The first-order valence-electron chi connectivity index (χ1n) is 11.6. The molecule has 0 heterocycles. The second kappa shape index (κ2) is 12.3. The summed E-state index contributed by atoms with van der Waals surface area (Å²) in [7, 11) is 0. The predicted octanol–water partition coefficient (Wildman–Crippen LogP) is 7.22. The SMILES string of the molecule is CCOc1cc(CNc2cccc(NC(=O)CC(C)C)c2)c(Cl)cc1OCc1ccccc1C. The molecule has 0 atom stereocenters. The smallest absolute Gasteiger partial charge is 0.224 e. The van der Waals surface area contributed by atoms with Gasteiger partial charge in [0.25, 0.3) is 0 Å². The summed E-state index contributed by atoms with van der Waals surface area (Å²) in [6.07, 6.45) is 0.492. The fraction of sp³-hybridized carbons (Fsp3) is 0.321. The fourth-order valence-corrected chi connectivity index (χ4v) is 3.73. The number of aryl methyl sites for hydroxylation is 1. The number of rotatable bonds is 11. The Kier molecular flexibility index (Phi) is 9.23. The van der Waals surface area contributed by atoms with Crippen LogP contribution in [-0.2, 0) is 17.9 Å². The van der Waals surface area contributed by atoms with E-state index >= 15 is 0 Å². The summed E-state index contributed by atoms with van der Waals surface area (Å²) in [4.78, 5) is 12.1. The van der Waals surface area contributed by atoms with Crippen LogP contribution in [0.5, 0.6) is 11.5 Å². The first kappa shape index (κ1) is 25.4. The second-order valence-electron chi connectivity index (χ2n) is 8.62. The Balaban J connectivity index is 1.69. The van der Waals surface area contributed by atoms with Crippen molar-refractivity contribution in [3.63, 3.8) is 0 Å². The zero-order valence-electron chi connectivity index (χ0n) is 20.3. The number of anilines is 2. The highest BCUT2D eigenvalue weighted by Gasteiger charge is 2.13. The van der Waals surface area contributed by atoms with Gasteiger partial charge in [0.15, 0.2) is 11.5 Å². The third-order valence-corrected chi connectivity index (χ3v) is 5.63. The molecule has 0 saturated heterocycles. The van der Waals surface area contributed by atoms with Crippen LogP contribution in [0.4, 0.5) is 11.4 Å². The summed E-state index contributed by atoms with van der Waals surface area (Å²) in [5.41, 5.74) is 4.83. The average Bonchev–Trinajstić information content (AvgIpc) is 2.79. The van der Waals surface area contributed by atoms with E-state index in [1.807, 2.05) is 69.3 Å². The van der Waals surface area contributed by atoms with Crippen molar-refractivity contribution in [3.8, 4) is 11.5 Å². The summed E-state index contributed by atoms with van der Waals surface area (Å²) in [6.45, 7) is 9.52. The maximum absolute atomic E-state index is 12.1. The quantitative estimate of drug-likeness (QED) is 0.304. The number of nitrogens with one attached hydrogen (secondary N) is 2. The Morgan fingerprint density at radius 2 is 1.68 bits per heavy atom. The largest absolute Gasteiger partial charge is 0.490 e. The molecule has 0 aliphatic heterocycles. The molecule has 0 fully saturated rings. The Morgan fingerprint density at radius 1 is 0.941 bits per heavy atom. The van der Waals surface area contributed by atoms with Crippen LogP contribution < -0.4 is 20.1 Å². The van der Waals surface area contributed by atoms with Crippen LogP contribution in [0.2, 0.25) is 5.02 Å². The highest BCUT2D eigenvalue weighted by molar-refractivity contribution is 6.31. The molecule has 180 valence electrons. The monoisotopic (exact) mass is 480 g/mol. The summed E-state index contributed by atoms with van der Waals surface area (Å²) in [5, 5.41) is 6.92. The van der Waals surface area contributed by atoms with E-state index in [9.17, 15) is 4.79 Å². The van der Waals surface area contributed by atoms with E-state index in [-0.39, 0.29) is 5.91 Å². The van der Waals surface area contributed by atoms with Crippen molar-refractivity contribution in [3.05, 3.63) is 82.4 Å². The predicted molar refractivity (Wildman–Crippen MR) is 140 cm³/mol. The molecule has 0 aromatic heterocycles. The summed E-state index contributed by atoms with van der Waals surface area (Å²) >= 11 is 6.60. The molecule has 0 unspecified atom stereocenters. The number of hydrogen-bond acceptors (Lipinski definition) is 4. The minimum Gasteiger partial charge on any atom is -0.490 e. The lowest BCUT2D eigenvalue weighted by Gasteiger charge is -2.16. The van der Waals surface area contributed by atoms with Crippen LogP contribution in [0.3, 0.4) is 0 Å². The molecule has 5 nitrogen and oxygen atoms in total. The zero-order chi connectivity index (χ0) is 24.5. The van der Waals surface area contributed by atoms with Crippen molar-refractivity contribution in [1.82, 2.24) is 0 Å². The average molecular weight is 481 g/mol. The van der Waals surface area contributed by atoms with E-state index in [0.29, 0.717) is 48.6 Å². The first-order valence-corrected chi connectivity index (χ1v) is 12.0. The van der Waals surface area contributed by atoms with Gasteiger partial charge >= 0.3 is 0 Å². The molecule has 6 heteroatoms. The van der Waals surface area contributed by atoms with E-state index in [1.54, 1.807) is 0 Å². The second-order valence-corrected chi connectivity index (χ2v) is 9.03. The lowest BCUT2D eigenvalue weighted by molar-refractivity contribution is -0.116. The topological polar surface area (TPSA) is 59.6 Å². The van der Waals surface area contributed by atoms with Crippen LogP contribution in [0.1, 0.15) is 43.9 Å². The number of carbonyl (C=O) groups is 1. The van der Waals surface area contributed by atoms with Gasteiger partial charge in [0, 0.05) is 35.4 Å². The molecule has 2 N–H and O–H groups in total. The summed E-state index contributed by atoms with van der Waals surface area (Å²) in [6, 6.07) is 19.5. The minimum absolute atomic E-state index is 0.0119. The minimum atomic E-state index is 0.0119. The lowest BCUT2D eigenvalue weighted by Crippen LogP contribution is -2.14. The molecule has 34 heavy (non-hydrogen) atoms. The Labute approximate surface area is 207 Å². The maximum atomic E-state index is 12.1. The van der Waals surface area contributed by atoms with Crippen LogP contribution in [0, 0.1) is 12.8 Å². The molecular weight excluding hydrogens is 448 g/mol. The van der Waals surface area contributed by atoms with Gasteiger partial charge in [-0.15, -0.1) is 0 Å². The molecule has 0 aliphatic carbocycles. The number of carbonyl (C=O) groups excluding carboxylic acids is 1. The molecule has 3 aromatic rings. The van der Waals surface area contributed by atoms with Crippen molar-refractivity contribution < 1.29 is 14.3 Å². The molecule has 0 aliphatic rings. The van der Waals surface area contributed by atoms with Gasteiger partial charge in [0.1, 0.15) is 6.61 Å².